The largest absolute Gasteiger partial charge is 0.337 e. The molecule has 0 amide bonds. The second kappa shape index (κ2) is 5.76. The maximum absolute atomic E-state index is 13.8. The molecule has 0 spiro atoms. The van der Waals surface area contributed by atoms with Crippen LogP contribution < -0.4 is 10.6 Å². The minimum Gasteiger partial charge on any atom is -0.337 e. The van der Waals surface area contributed by atoms with E-state index in [9.17, 15) is 4.39 Å². The zero-order valence-electron chi connectivity index (χ0n) is 11.1. The molecule has 2 heterocycles. The highest BCUT2D eigenvalue weighted by molar-refractivity contribution is 7.98. The molecule has 4 nitrogen and oxygen atoms in total. The standard InChI is InChI=1S/C14H15FN4S/c1-20-14-18-12-8-16-7-6-9(12)13(19-14)17-11-5-3-2-4-10(11)15/h2-5,16H,6-8H2,1H3,(H,17,18,19). The first-order valence-corrected chi connectivity index (χ1v) is 7.66. The summed E-state index contributed by atoms with van der Waals surface area (Å²) in [6.45, 7) is 1.62. The van der Waals surface area contributed by atoms with Crippen LogP contribution in [0.15, 0.2) is 29.4 Å². The van der Waals surface area contributed by atoms with Gasteiger partial charge in [-0.15, -0.1) is 0 Å². The number of hydrogen-bond acceptors (Lipinski definition) is 5. The van der Waals surface area contributed by atoms with Gasteiger partial charge in [-0.05, 0) is 31.4 Å². The van der Waals surface area contributed by atoms with Crippen LogP contribution in [0.3, 0.4) is 0 Å². The van der Waals surface area contributed by atoms with Gasteiger partial charge in [-0.2, -0.15) is 0 Å². The number of fused-ring (bicyclic) bond motifs is 1. The third kappa shape index (κ3) is 2.62. The zero-order chi connectivity index (χ0) is 13.9. The molecular weight excluding hydrogens is 275 g/mol. The van der Waals surface area contributed by atoms with Crippen LogP contribution in [-0.2, 0) is 13.0 Å². The molecule has 0 saturated carbocycles. The molecule has 1 aromatic heterocycles. The summed E-state index contributed by atoms with van der Waals surface area (Å²) < 4.78 is 13.8. The summed E-state index contributed by atoms with van der Waals surface area (Å²) >= 11 is 1.49. The van der Waals surface area contributed by atoms with Gasteiger partial charge in [-0.1, -0.05) is 23.9 Å². The topological polar surface area (TPSA) is 49.8 Å². The summed E-state index contributed by atoms with van der Waals surface area (Å²) in [6.07, 6.45) is 2.78. The molecule has 0 atom stereocenters. The fraction of sp³-hybridized carbons (Fsp3) is 0.286. The molecular formula is C14H15FN4S. The van der Waals surface area contributed by atoms with Gasteiger partial charge in [0.1, 0.15) is 11.6 Å². The van der Waals surface area contributed by atoms with Gasteiger partial charge in [-0.25, -0.2) is 14.4 Å². The highest BCUT2D eigenvalue weighted by Gasteiger charge is 2.18. The summed E-state index contributed by atoms with van der Waals surface area (Å²) in [5, 5.41) is 7.10. The Labute approximate surface area is 121 Å². The van der Waals surface area contributed by atoms with Gasteiger partial charge in [0.25, 0.3) is 0 Å². The van der Waals surface area contributed by atoms with Crippen molar-refractivity contribution in [3.05, 3.63) is 41.3 Å². The smallest absolute Gasteiger partial charge is 0.189 e. The van der Waals surface area contributed by atoms with Crippen LogP contribution in [0.4, 0.5) is 15.9 Å². The Morgan fingerprint density at radius 3 is 2.95 bits per heavy atom. The van der Waals surface area contributed by atoms with Crippen LogP contribution >= 0.6 is 11.8 Å². The van der Waals surface area contributed by atoms with Crippen molar-refractivity contribution in [2.45, 2.75) is 18.1 Å². The average molecular weight is 290 g/mol. The number of thioether (sulfide) groups is 1. The summed E-state index contributed by atoms with van der Waals surface area (Å²) in [7, 11) is 0. The van der Waals surface area contributed by atoms with E-state index in [1.165, 1.54) is 17.8 Å². The fourth-order valence-electron chi connectivity index (χ4n) is 2.22. The van der Waals surface area contributed by atoms with Crippen molar-refractivity contribution >= 4 is 23.3 Å². The van der Waals surface area contributed by atoms with Crippen LogP contribution in [0, 0.1) is 5.82 Å². The lowest BCUT2D eigenvalue weighted by Gasteiger charge is -2.20. The summed E-state index contributed by atoms with van der Waals surface area (Å²) in [4.78, 5) is 9.00. The number of nitrogens with one attached hydrogen (secondary N) is 2. The van der Waals surface area contributed by atoms with Crippen LogP contribution in [0.5, 0.6) is 0 Å². The fourth-order valence-corrected chi connectivity index (χ4v) is 2.61. The Morgan fingerprint density at radius 1 is 1.30 bits per heavy atom. The van der Waals surface area contributed by atoms with Crippen molar-refractivity contribution in [3.63, 3.8) is 0 Å². The van der Waals surface area contributed by atoms with Crippen molar-refractivity contribution in [1.29, 1.82) is 0 Å². The van der Waals surface area contributed by atoms with E-state index in [-0.39, 0.29) is 5.82 Å². The van der Waals surface area contributed by atoms with Gasteiger partial charge in [0.15, 0.2) is 5.16 Å². The van der Waals surface area contributed by atoms with E-state index in [1.54, 1.807) is 18.2 Å². The predicted molar refractivity (Wildman–Crippen MR) is 78.9 cm³/mol. The molecule has 0 fully saturated rings. The second-order valence-corrected chi connectivity index (χ2v) is 5.29. The summed E-state index contributed by atoms with van der Waals surface area (Å²) in [5.41, 5.74) is 2.51. The first-order valence-electron chi connectivity index (χ1n) is 6.44. The van der Waals surface area contributed by atoms with E-state index >= 15 is 0 Å². The third-order valence-corrected chi connectivity index (χ3v) is 3.77. The molecule has 2 N–H and O–H groups in total. The minimum absolute atomic E-state index is 0.278. The van der Waals surface area contributed by atoms with Crippen molar-refractivity contribution in [1.82, 2.24) is 15.3 Å². The van der Waals surface area contributed by atoms with E-state index in [4.69, 9.17) is 0 Å². The van der Waals surface area contributed by atoms with Crippen molar-refractivity contribution in [3.8, 4) is 0 Å². The predicted octanol–water partition coefficient (Wildman–Crippen LogP) is 2.73. The van der Waals surface area contributed by atoms with Crippen LogP contribution in [0.2, 0.25) is 0 Å². The number of hydrogen-bond donors (Lipinski definition) is 2. The Balaban J connectivity index is 2.02. The van der Waals surface area contributed by atoms with Gasteiger partial charge in [0.05, 0.1) is 11.4 Å². The number of nitrogens with zero attached hydrogens (tertiary/aromatic N) is 2. The minimum atomic E-state index is -0.278. The lowest BCUT2D eigenvalue weighted by Crippen LogP contribution is -2.26. The van der Waals surface area contributed by atoms with Gasteiger partial charge in [0, 0.05) is 12.1 Å². The molecule has 0 unspecified atom stereocenters. The lowest BCUT2D eigenvalue weighted by molar-refractivity contribution is 0.613. The highest BCUT2D eigenvalue weighted by atomic mass is 32.2. The van der Waals surface area contributed by atoms with Crippen molar-refractivity contribution < 1.29 is 4.39 Å². The first kappa shape index (κ1) is 13.3. The monoisotopic (exact) mass is 290 g/mol. The maximum Gasteiger partial charge on any atom is 0.189 e. The molecule has 1 aliphatic rings. The molecule has 1 aromatic carbocycles. The quantitative estimate of drug-likeness (QED) is 0.672. The summed E-state index contributed by atoms with van der Waals surface area (Å²) in [6, 6.07) is 6.62. The van der Waals surface area contributed by atoms with Crippen LogP contribution in [0.25, 0.3) is 0 Å². The highest BCUT2D eigenvalue weighted by Crippen LogP contribution is 2.27. The molecule has 0 saturated heterocycles. The third-order valence-electron chi connectivity index (χ3n) is 3.23. The van der Waals surface area contributed by atoms with E-state index < -0.39 is 0 Å². The molecule has 20 heavy (non-hydrogen) atoms. The van der Waals surface area contributed by atoms with Gasteiger partial charge < -0.3 is 10.6 Å². The van der Waals surface area contributed by atoms with Crippen LogP contribution in [-0.4, -0.2) is 22.8 Å². The Kier molecular flexibility index (Phi) is 3.84. The summed E-state index contributed by atoms with van der Waals surface area (Å²) in [5.74, 6) is 0.436. The molecule has 6 heteroatoms. The van der Waals surface area contributed by atoms with Crippen LogP contribution in [0.1, 0.15) is 11.3 Å². The normalized spacial score (nSPS) is 13.9. The lowest BCUT2D eigenvalue weighted by atomic mass is 10.1. The second-order valence-electron chi connectivity index (χ2n) is 4.52. The Morgan fingerprint density at radius 2 is 2.15 bits per heavy atom. The molecule has 1 aliphatic heterocycles. The number of anilines is 2. The molecule has 0 radical (unpaired) electrons. The van der Waals surface area contributed by atoms with E-state index in [2.05, 4.69) is 20.6 Å². The Bertz CT molecular complexity index is 633. The molecule has 0 bridgehead atoms. The van der Waals surface area contributed by atoms with Gasteiger partial charge in [0.2, 0.25) is 0 Å². The maximum atomic E-state index is 13.8. The van der Waals surface area contributed by atoms with Crippen molar-refractivity contribution in [2.24, 2.45) is 0 Å². The average Bonchev–Trinajstić information content (AvgIpc) is 2.49. The number of para-hydroxylation sites is 1. The van der Waals surface area contributed by atoms with E-state index in [1.807, 2.05) is 6.26 Å². The van der Waals surface area contributed by atoms with E-state index in [0.29, 0.717) is 16.7 Å². The number of halogens is 1. The number of rotatable bonds is 3. The number of benzene rings is 1. The number of aromatic nitrogens is 2. The molecule has 104 valence electrons. The zero-order valence-corrected chi connectivity index (χ0v) is 11.9. The van der Waals surface area contributed by atoms with Gasteiger partial charge >= 0.3 is 0 Å². The van der Waals surface area contributed by atoms with E-state index in [0.717, 1.165) is 30.8 Å². The molecule has 2 aromatic rings. The molecule has 0 aliphatic carbocycles. The SMILES string of the molecule is CSc1nc2c(c(Nc3ccccc3F)n1)CCNC2. The van der Waals surface area contributed by atoms with Crippen molar-refractivity contribution in [2.75, 3.05) is 18.1 Å². The Hall–Kier alpha value is -1.66. The molecule has 3 rings (SSSR count). The first-order chi connectivity index (χ1) is 9.78. The van der Waals surface area contributed by atoms with Gasteiger partial charge in [-0.3, -0.25) is 0 Å².